The van der Waals surface area contributed by atoms with Gasteiger partial charge in [-0.05, 0) is 5.92 Å². The van der Waals surface area contributed by atoms with Gasteiger partial charge in [0.2, 0.25) is 0 Å². The van der Waals surface area contributed by atoms with E-state index in [2.05, 4.69) is 23.3 Å². The van der Waals surface area contributed by atoms with Crippen LogP contribution in [0.2, 0.25) is 0 Å². The Bertz CT molecular complexity index is 82.9. The molecular weight excluding hydrogens is 90.1 g/mol. The van der Waals surface area contributed by atoms with Gasteiger partial charge >= 0.3 is 0 Å². The number of hydrogen-bond donors (Lipinski definition) is 3. The molecule has 0 aromatic heterocycles. The van der Waals surface area contributed by atoms with E-state index in [1.807, 2.05) is 0 Å². The highest BCUT2D eigenvalue weighted by molar-refractivity contribution is 5.07. The summed E-state index contributed by atoms with van der Waals surface area (Å²) in [4.78, 5) is 0. The molecule has 40 valence electrons. The van der Waals surface area contributed by atoms with Crippen molar-refractivity contribution in [3.8, 4) is 0 Å². The van der Waals surface area contributed by atoms with Crippen LogP contribution in [0.4, 0.5) is 0 Å². The van der Waals surface area contributed by atoms with E-state index in [0.29, 0.717) is 12.1 Å². The molecule has 1 heterocycles. The predicted octanol–water partition coefficient (Wildman–Crippen LogP) is -1.01. The number of fused-ring (bicyclic) bond motifs is 1. The SMILES string of the molecule is CC1C2NNNC12. The monoisotopic (exact) mass is 99.1 g/mol. The summed E-state index contributed by atoms with van der Waals surface area (Å²) in [5.41, 5.74) is 9.02. The number of nitrogens with one attached hydrogen (secondary N) is 3. The van der Waals surface area contributed by atoms with Gasteiger partial charge in [-0.1, -0.05) is 6.92 Å². The number of hydrazine groups is 2. The average Bonchev–Trinajstić information content (AvgIpc) is 2.26. The fourth-order valence-corrected chi connectivity index (χ4v) is 1.11. The Hall–Kier alpha value is -0.120. The molecule has 0 bridgehead atoms. The van der Waals surface area contributed by atoms with Crippen molar-refractivity contribution in [3.63, 3.8) is 0 Å². The van der Waals surface area contributed by atoms with Crippen molar-refractivity contribution in [1.82, 2.24) is 16.4 Å². The molecule has 0 aromatic rings. The summed E-state index contributed by atoms with van der Waals surface area (Å²) in [5, 5.41) is 0. The first-order chi connectivity index (χ1) is 3.39. The minimum Gasteiger partial charge on any atom is -0.239 e. The lowest BCUT2D eigenvalue weighted by atomic mass is 10.5. The third-order valence-electron chi connectivity index (χ3n) is 1.86. The Labute approximate surface area is 42.4 Å². The standard InChI is InChI=1S/C4H9N3/c1-2-3-4(2)6-7-5-3/h2-7H,1H3. The Balaban J connectivity index is 2.06. The van der Waals surface area contributed by atoms with Gasteiger partial charge in [0.15, 0.2) is 0 Å². The topological polar surface area (TPSA) is 36.1 Å². The van der Waals surface area contributed by atoms with Crippen LogP contribution in [0, 0.1) is 5.92 Å². The lowest BCUT2D eigenvalue weighted by Crippen LogP contribution is -2.37. The number of hydrogen-bond acceptors (Lipinski definition) is 3. The summed E-state index contributed by atoms with van der Waals surface area (Å²) in [6.45, 7) is 2.23. The summed E-state index contributed by atoms with van der Waals surface area (Å²) in [6.07, 6.45) is 0. The van der Waals surface area contributed by atoms with Gasteiger partial charge < -0.3 is 0 Å². The summed E-state index contributed by atoms with van der Waals surface area (Å²) < 4.78 is 0. The van der Waals surface area contributed by atoms with Crippen LogP contribution in [0.5, 0.6) is 0 Å². The lowest BCUT2D eigenvalue weighted by molar-refractivity contribution is 0.472. The van der Waals surface area contributed by atoms with Gasteiger partial charge in [-0.25, -0.2) is 10.9 Å². The van der Waals surface area contributed by atoms with Crippen LogP contribution < -0.4 is 16.4 Å². The highest BCUT2D eigenvalue weighted by atomic mass is 15.7. The van der Waals surface area contributed by atoms with Crippen molar-refractivity contribution >= 4 is 0 Å². The molecule has 0 spiro atoms. The van der Waals surface area contributed by atoms with Crippen LogP contribution in [0.1, 0.15) is 6.92 Å². The molecule has 3 heteroatoms. The molecule has 2 aliphatic rings. The molecule has 3 nitrogen and oxygen atoms in total. The van der Waals surface area contributed by atoms with Gasteiger partial charge in [-0.15, -0.1) is 0 Å². The van der Waals surface area contributed by atoms with E-state index in [-0.39, 0.29) is 0 Å². The van der Waals surface area contributed by atoms with Crippen molar-refractivity contribution in [2.24, 2.45) is 5.92 Å². The summed E-state index contributed by atoms with van der Waals surface area (Å²) >= 11 is 0. The van der Waals surface area contributed by atoms with Crippen LogP contribution in [0.3, 0.4) is 0 Å². The Morgan fingerprint density at radius 3 is 2.00 bits per heavy atom. The smallest absolute Gasteiger partial charge is 0.0438 e. The van der Waals surface area contributed by atoms with Crippen LogP contribution in [-0.4, -0.2) is 12.1 Å². The van der Waals surface area contributed by atoms with Gasteiger partial charge in [0.25, 0.3) is 0 Å². The van der Waals surface area contributed by atoms with Crippen molar-refractivity contribution < 1.29 is 0 Å². The van der Waals surface area contributed by atoms with Crippen LogP contribution in [-0.2, 0) is 0 Å². The normalized spacial score (nSPS) is 57.0. The second-order valence-corrected chi connectivity index (χ2v) is 2.32. The Kier molecular flexibility index (Phi) is 0.543. The molecule has 1 aliphatic heterocycles. The first kappa shape index (κ1) is 3.83. The predicted molar refractivity (Wildman–Crippen MR) is 26.1 cm³/mol. The van der Waals surface area contributed by atoms with Crippen molar-refractivity contribution in [2.75, 3.05) is 0 Å². The second-order valence-electron chi connectivity index (χ2n) is 2.32. The van der Waals surface area contributed by atoms with Crippen LogP contribution in [0.15, 0.2) is 0 Å². The molecule has 2 fully saturated rings. The molecule has 1 aliphatic carbocycles. The highest BCUT2D eigenvalue weighted by Crippen LogP contribution is 2.31. The second kappa shape index (κ2) is 0.992. The van der Waals surface area contributed by atoms with Gasteiger partial charge in [-0.2, -0.15) is 5.53 Å². The fourth-order valence-electron chi connectivity index (χ4n) is 1.11. The molecule has 0 amide bonds. The third-order valence-corrected chi connectivity index (χ3v) is 1.86. The average molecular weight is 99.1 g/mol. The molecule has 1 saturated heterocycles. The van der Waals surface area contributed by atoms with E-state index in [0.717, 1.165) is 5.92 Å². The third kappa shape index (κ3) is 0.351. The van der Waals surface area contributed by atoms with Gasteiger partial charge in [0, 0.05) is 12.1 Å². The largest absolute Gasteiger partial charge is 0.239 e. The quantitative estimate of drug-likeness (QED) is 0.364. The first-order valence-corrected chi connectivity index (χ1v) is 2.65. The maximum Gasteiger partial charge on any atom is 0.0438 e. The van der Waals surface area contributed by atoms with Crippen molar-refractivity contribution in [1.29, 1.82) is 0 Å². The molecule has 0 radical (unpaired) electrons. The minimum atomic E-state index is 0.708. The van der Waals surface area contributed by atoms with E-state index in [4.69, 9.17) is 0 Å². The molecule has 0 aromatic carbocycles. The van der Waals surface area contributed by atoms with E-state index < -0.39 is 0 Å². The van der Waals surface area contributed by atoms with E-state index in [9.17, 15) is 0 Å². The van der Waals surface area contributed by atoms with Crippen molar-refractivity contribution in [2.45, 2.75) is 19.0 Å². The molecule has 1 saturated carbocycles. The maximum atomic E-state index is 3.08. The molecule has 7 heavy (non-hydrogen) atoms. The molecular formula is C4H9N3. The molecule has 2 atom stereocenters. The molecule has 2 unspecified atom stereocenters. The number of rotatable bonds is 0. The van der Waals surface area contributed by atoms with Crippen LogP contribution >= 0.6 is 0 Å². The fraction of sp³-hybridized carbons (Fsp3) is 1.00. The van der Waals surface area contributed by atoms with Crippen molar-refractivity contribution in [3.05, 3.63) is 0 Å². The van der Waals surface area contributed by atoms with Crippen LogP contribution in [0.25, 0.3) is 0 Å². The zero-order chi connectivity index (χ0) is 4.85. The molecule has 3 N–H and O–H groups in total. The highest BCUT2D eigenvalue weighted by Gasteiger charge is 2.50. The van der Waals surface area contributed by atoms with Gasteiger partial charge in [-0.3, -0.25) is 0 Å². The minimum absolute atomic E-state index is 0.708. The van der Waals surface area contributed by atoms with Gasteiger partial charge in [0.05, 0.1) is 0 Å². The Morgan fingerprint density at radius 1 is 1.14 bits per heavy atom. The van der Waals surface area contributed by atoms with Gasteiger partial charge in [0.1, 0.15) is 0 Å². The zero-order valence-corrected chi connectivity index (χ0v) is 4.23. The Morgan fingerprint density at radius 2 is 1.71 bits per heavy atom. The summed E-state index contributed by atoms with van der Waals surface area (Å²) in [7, 11) is 0. The summed E-state index contributed by atoms with van der Waals surface area (Å²) in [5.74, 6) is 0.834. The van der Waals surface area contributed by atoms with E-state index in [1.54, 1.807) is 0 Å². The summed E-state index contributed by atoms with van der Waals surface area (Å²) in [6, 6.07) is 1.42. The lowest BCUT2D eigenvalue weighted by Gasteiger charge is -1.97. The first-order valence-electron chi connectivity index (χ1n) is 2.65. The maximum absolute atomic E-state index is 3.08. The molecule has 2 rings (SSSR count). The van der Waals surface area contributed by atoms with E-state index >= 15 is 0 Å². The zero-order valence-electron chi connectivity index (χ0n) is 4.23. The van der Waals surface area contributed by atoms with E-state index in [1.165, 1.54) is 0 Å².